The fourth-order valence-corrected chi connectivity index (χ4v) is 2.97. The van der Waals surface area contributed by atoms with Crippen molar-refractivity contribution in [2.45, 2.75) is 31.6 Å². The topological polar surface area (TPSA) is 26.5 Å². The molecule has 0 N–H and O–H groups in total. The first kappa shape index (κ1) is 13.8. The van der Waals surface area contributed by atoms with Gasteiger partial charge in [0, 0.05) is 12.8 Å². The van der Waals surface area contributed by atoms with Gasteiger partial charge in [-0.25, -0.2) is 13.3 Å². The van der Waals surface area contributed by atoms with Gasteiger partial charge in [-0.2, -0.15) is 5.10 Å². The van der Waals surface area contributed by atoms with Gasteiger partial charge in [0.15, 0.2) is 0 Å². The Morgan fingerprint density at radius 1 is 1.30 bits per heavy atom. The molecular weight excluding hydrogens is 330 g/mol. The summed E-state index contributed by atoms with van der Waals surface area (Å²) in [5.74, 6) is -1.53. The quantitative estimate of drug-likeness (QED) is 0.776. The number of hydrogen-bond acceptors (Lipinski definition) is 2. The van der Waals surface area contributed by atoms with Crippen LogP contribution in [0.3, 0.4) is 0 Å². The highest BCUT2D eigenvalue weighted by Gasteiger charge is 2.35. The van der Waals surface area contributed by atoms with Gasteiger partial charge in [-0.1, -0.05) is 0 Å². The molecule has 0 aliphatic heterocycles. The normalized spacial score (nSPS) is 19.4. The second-order valence-electron chi connectivity index (χ2n) is 5.26. The molecule has 0 aromatic carbocycles. The van der Waals surface area contributed by atoms with Crippen LogP contribution in [0.1, 0.15) is 25.7 Å². The first-order valence-electron chi connectivity index (χ1n) is 6.68. The highest BCUT2D eigenvalue weighted by Crippen LogP contribution is 2.36. The number of fused-ring (bicyclic) bond motifs is 1. The van der Waals surface area contributed by atoms with E-state index in [9.17, 15) is 8.78 Å². The zero-order chi connectivity index (χ0) is 14.2. The molecule has 108 valence electrons. The van der Waals surface area contributed by atoms with Crippen molar-refractivity contribution >= 4 is 21.4 Å². The Labute approximate surface area is 124 Å². The van der Waals surface area contributed by atoms with E-state index in [4.69, 9.17) is 4.74 Å². The van der Waals surface area contributed by atoms with E-state index in [2.05, 4.69) is 21.0 Å². The molecule has 1 aliphatic carbocycles. The van der Waals surface area contributed by atoms with Crippen LogP contribution in [0.2, 0.25) is 0 Å². The van der Waals surface area contributed by atoms with Crippen LogP contribution in [0, 0.1) is 5.92 Å². The summed E-state index contributed by atoms with van der Waals surface area (Å²) in [6, 6.07) is 5.61. The summed E-state index contributed by atoms with van der Waals surface area (Å²) in [6.07, 6.45) is 2.71. The summed E-state index contributed by atoms with van der Waals surface area (Å²) in [7, 11) is 0. The van der Waals surface area contributed by atoms with Crippen LogP contribution in [0.4, 0.5) is 8.78 Å². The zero-order valence-corrected chi connectivity index (χ0v) is 12.4. The van der Waals surface area contributed by atoms with E-state index in [0.717, 1.165) is 15.9 Å². The van der Waals surface area contributed by atoms with Crippen molar-refractivity contribution in [2.75, 3.05) is 6.61 Å². The lowest BCUT2D eigenvalue weighted by Gasteiger charge is -2.28. The number of alkyl halides is 2. The number of hydrogen-bond donors (Lipinski definition) is 0. The summed E-state index contributed by atoms with van der Waals surface area (Å²) in [5.41, 5.74) is 0.875. The number of rotatable bonds is 3. The maximum Gasteiger partial charge on any atom is 0.248 e. The van der Waals surface area contributed by atoms with Gasteiger partial charge in [-0.3, -0.25) is 0 Å². The lowest BCUT2D eigenvalue weighted by atomic mass is 9.87. The molecular formula is C14H15BrF2N2O. The fraction of sp³-hybridized carbons (Fsp3) is 0.500. The van der Waals surface area contributed by atoms with Crippen LogP contribution >= 0.6 is 15.9 Å². The SMILES string of the molecule is FC1(F)CCC(COc2ccc(Br)n3nccc23)CC1. The van der Waals surface area contributed by atoms with Crippen LogP contribution in [-0.4, -0.2) is 22.1 Å². The molecule has 0 amide bonds. The molecule has 6 heteroatoms. The van der Waals surface area contributed by atoms with Gasteiger partial charge >= 0.3 is 0 Å². The molecule has 0 saturated heterocycles. The highest BCUT2D eigenvalue weighted by molar-refractivity contribution is 9.10. The summed E-state index contributed by atoms with van der Waals surface area (Å²) < 4.78 is 34.6. The molecule has 1 fully saturated rings. The van der Waals surface area contributed by atoms with Crippen molar-refractivity contribution in [3.05, 3.63) is 29.0 Å². The van der Waals surface area contributed by atoms with Gasteiger partial charge in [0.2, 0.25) is 5.92 Å². The molecule has 20 heavy (non-hydrogen) atoms. The Morgan fingerprint density at radius 2 is 2.05 bits per heavy atom. The lowest BCUT2D eigenvalue weighted by Crippen LogP contribution is -2.27. The third-order valence-corrected chi connectivity index (χ3v) is 4.38. The Morgan fingerprint density at radius 3 is 2.80 bits per heavy atom. The molecule has 3 nitrogen and oxygen atoms in total. The molecule has 1 saturated carbocycles. The second kappa shape index (κ2) is 5.31. The minimum atomic E-state index is -2.48. The number of halogens is 3. The monoisotopic (exact) mass is 344 g/mol. The predicted octanol–water partition coefficient (Wildman–Crippen LogP) is 4.30. The van der Waals surface area contributed by atoms with Crippen molar-refractivity contribution in [3.63, 3.8) is 0 Å². The van der Waals surface area contributed by atoms with Crippen molar-refractivity contribution in [3.8, 4) is 5.75 Å². The van der Waals surface area contributed by atoms with E-state index < -0.39 is 5.92 Å². The Balaban J connectivity index is 1.66. The van der Waals surface area contributed by atoms with Crippen molar-refractivity contribution in [1.82, 2.24) is 9.61 Å². The smallest absolute Gasteiger partial charge is 0.248 e. The number of nitrogens with zero attached hydrogens (tertiary/aromatic N) is 2. The van der Waals surface area contributed by atoms with Gasteiger partial charge in [0.05, 0.1) is 12.8 Å². The Bertz CT molecular complexity index is 604. The lowest BCUT2D eigenvalue weighted by molar-refractivity contribution is -0.0498. The molecule has 1 aliphatic rings. The van der Waals surface area contributed by atoms with Gasteiger partial charge < -0.3 is 4.74 Å². The second-order valence-corrected chi connectivity index (χ2v) is 6.07. The van der Waals surface area contributed by atoms with Crippen molar-refractivity contribution in [2.24, 2.45) is 5.92 Å². The standard InChI is InChI=1S/C14H15BrF2N2O/c15-13-2-1-12(11-5-8-18-19(11)13)20-9-10-3-6-14(16,17)7-4-10/h1-2,5,8,10H,3-4,6-7,9H2. The zero-order valence-electron chi connectivity index (χ0n) is 10.9. The average Bonchev–Trinajstić information content (AvgIpc) is 2.90. The molecule has 0 spiro atoms. The van der Waals surface area contributed by atoms with Gasteiger partial charge in [0.1, 0.15) is 15.9 Å². The molecule has 3 rings (SSSR count). The van der Waals surface area contributed by atoms with E-state index in [-0.39, 0.29) is 18.8 Å². The maximum atomic E-state index is 13.1. The summed E-state index contributed by atoms with van der Waals surface area (Å²) in [4.78, 5) is 0. The van der Waals surface area contributed by atoms with Crippen LogP contribution < -0.4 is 4.74 Å². The molecule has 0 radical (unpaired) electrons. The first-order chi connectivity index (χ1) is 9.55. The van der Waals surface area contributed by atoms with E-state index in [1.807, 2.05) is 18.2 Å². The third-order valence-electron chi connectivity index (χ3n) is 3.78. The van der Waals surface area contributed by atoms with Gasteiger partial charge in [0.25, 0.3) is 0 Å². The third kappa shape index (κ3) is 2.80. The predicted molar refractivity (Wildman–Crippen MR) is 75.3 cm³/mol. The summed E-state index contributed by atoms with van der Waals surface area (Å²) in [5, 5.41) is 4.18. The van der Waals surface area contributed by atoms with E-state index in [1.165, 1.54) is 0 Å². The fourth-order valence-electron chi connectivity index (χ4n) is 2.56. The Kier molecular flexibility index (Phi) is 3.67. The molecule has 0 atom stereocenters. The van der Waals surface area contributed by atoms with Gasteiger partial charge in [-0.15, -0.1) is 0 Å². The largest absolute Gasteiger partial charge is 0.491 e. The van der Waals surface area contributed by atoms with Crippen LogP contribution in [0.5, 0.6) is 5.75 Å². The molecule has 0 unspecified atom stereocenters. The van der Waals surface area contributed by atoms with Crippen LogP contribution in [-0.2, 0) is 0 Å². The average molecular weight is 345 g/mol. The summed E-state index contributed by atoms with van der Waals surface area (Å²) >= 11 is 3.41. The first-order valence-corrected chi connectivity index (χ1v) is 7.47. The van der Waals surface area contributed by atoms with Crippen LogP contribution in [0.25, 0.3) is 5.52 Å². The minimum absolute atomic E-state index is 0.0243. The minimum Gasteiger partial charge on any atom is -0.491 e. The van der Waals surface area contributed by atoms with E-state index in [1.54, 1.807) is 10.7 Å². The van der Waals surface area contributed by atoms with E-state index >= 15 is 0 Å². The summed E-state index contributed by atoms with van der Waals surface area (Å²) in [6.45, 7) is 0.485. The molecule has 0 bridgehead atoms. The van der Waals surface area contributed by atoms with E-state index in [0.29, 0.717) is 19.4 Å². The molecule has 2 aromatic heterocycles. The molecule has 2 heterocycles. The van der Waals surface area contributed by atoms with Crippen molar-refractivity contribution in [1.29, 1.82) is 0 Å². The van der Waals surface area contributed by atoms with Crippen LogP contribution in [0.15, 0.2) is 29.0 Å². The van der Waals surface area contributed by atoms with Crippen molar-refractivity contribution < 1.29 is 13.5 Å². The highest BCUT2D eigenvalue weighted by atomic mass is 79.9. The number of aromatic nitrogens is 2. The maximum absolute atomic E-state index is 13.1. The number of ether oxygens (including phenoxy) is 1. The van der Waals surface area contributed by atoms with Gasteiger partial charge in [-0.05, 0) is 52.9 Å². The number of pyridine rings is 1. The Hall–Kier alpha value is -1.17. The molecule has 2 aromatic rings.